The number of carboxylic acid groups (broad SMARTS) is 1. The topological polar surface area (TPSA) is 98.7 Å². The summed E-state index contributed by atoms with van der Waals surface area (Å²) >= 11 is 0. The standard InChI is InChI=1S/C15H17N3O4/c19-13(11-4-5-12(11)14(20)21)17-9-2-1-3-10(8-9)18-7-6-16-15(18)22/h1-3,8,11-12H,4-7H2,(H,16,22)(H,17,19)(H,20,21). The van der Waals surface area contributed by atoms with Gasteiger partial charge in [-0.2, -0.15) is 0 Å². The Labute approximate surface area is 127 Å². The average molecular weight is 303 g/mol. The van der Waals surface area contributed by atoms with Crippen LogP contribution in [0.15, 0.2) is 24.3 Å². The Bertz CT molecular complexity index is 631. The van der Waals surface area contributed by atoms with E-state index in [2.05, 4.69) is 10.6 Å². The summed E-state index contributed by atoms with van der Waals surface area (Å²) in [5.41, 5.74) is 1.27. The fraction of sp³-hybridized carbons (Fsp3) is 0.400. The summed E-state index contributed by atoms with van der Waals surface area (Å²) in [6.07, 6.45) is 1.14. The van der Waals surface area contributed by atoms with Crippen molar-refractivity contribution >= 4 is 29.3 Å². The van der Waals surface area contributed by atoms with Crippen LogP contribution in [0.3, 0.4) is 0 Å². The van der Waals surface area contributed by atoms with Crippen molar-refractivity contribution in [2.75, 3.05) is 23.3 Å². The van der Waals surface area contributed by atoms with Crippen LogP contribution in [0.4, 0.5) is 16.2 Å². The maximum Gasteiger partial charge on any atom is 0.321 e. The van der Waals surface area contributed by atoms with Gasteiger partial charge in [-0.25, -0.2) is 4.79 Å². The molecule has 7 heteroatoms. The first-order valence-corrected chi connectivity index (χ1v) is 7.25. The molecule has 3 amide bonds. The van der Waals surface area contributed by atoms with Gasteiger partial charge < -0.3 is 15.7 Å². The zero-order valence-corrected chi connectivity index (χ0v) is 11.9. The molecule has 0 radical (unpaired) electrons. The first-order valence-electron chi connectivity index (χ1n) is 7.25. The van der Waals surface area contributed by atoms with Gasteiger partial charge in [-0.3, -0.25) is 14.5 Å². The van der Waals surface area contributed by atoms with Crippen molar-refractivity contribution in [2.45, 2.75) is 12.8 Å². The van der Waals surface area contributed by atoms with E-state index in [4.69, 9.17) is 5.11 Å². The molecule has 3 rings (SSSR count). The average Bonchev–Trinajstić information content (AvgIpc) is 2.83. The number of nitrogens with one attached hydrogen (secondary N) is 2. The van der Waals surface area contributed by atoms with Crippen LogP contribution in [0.5, 0.6) is 0 Å². The highest BCUT2D eigenvalue weighted by molar-refractivity contribution is 5.98. The first-order chi connectivity index (χ1) is 10.6. The van der Waals surface area contributed by atoms with Gasteiger partial charge in [0.1, 0.15) is 0 Å². The van der Waals surface area contributed by atoms with Gasteiger partial charge in [0.25, 0.3) is 0 Å². The summed E-state index contributed by atoms with van der Waals surface area (Å²) in [7, 11) is 0. The third-order valence-electron chi connectivity index (χ3n) is 4.21. The number of benzene rings is 1. The normalized spacial score (nSPS) is 23.6. The number of urea groups is 1. The van der Waals surface area contributed by atoms with Crippen molar-refractivity contribution in [1.82, 2.24) is 5.32 Å². The van der Waals surface area contributed by atoms with Gasteiger partial charge in [0.2, 0.25) is 5.91 Å². The SMILES string of the molecule is O=C(O)C1CCC1C(=O)Nc1cccc(N2CCNC2=O)c1. The molecule has 0 bridgehead atoms. The number of aliphatic carboxylic acids is 1. The molecule has 2 fully saturated rings. The third kappa shape index (κ3) is 2.61. The largest absolute Gasteiger partial charge is 0.481 e. The molecule has 3 N–H and O–H groups in total. The molecule has 2 unspecified atom stereocenters. The van der Waals surface area contributed by atoms with E-state index in [0.29, 0.717) is 37.3 Å². The zero-order valence-electron chi connectivity index (χ0n) is 11.9. The molecule has 1 aliphatic heterocycles. The molecule has 7 nitrogen and oxygen atoms in total. The van der Waals surface area contributed by atoms with Gasteiger partial charge in [0.15, 0.2) is 0 Å². The Kier molecular flexibility index (Phi) is 3.70. The number of nitrogens with zero attached hydrogens (tertiary/aromatic N) is 1. The van der Waals surface area contributed by atoms with E-state index < -0.39 is 17.8 Å². The minimum atomic E-state index is -0.922. The van der Waals surface area contributed by atoms with Gasteiger partial charge in [-0.15, -0.1) is 0 Å². The van der Waals surface area contributed by atoms with E-state index in [1.165, 1.54) is 0 Å². The lowest BCUT2D eigenvalue weighted by molar-refractivity contribution is -0.151. The number of carboxylic acids is 1. The number of hydrogen-bond acceptors (Lipinski definition) is 3. The smallest absolute Gasteiger partial charge is 0.321 e. The highest BCUT2D eigenvalue weighted by Gasteiger charge is 2.41. The molecule has 22 heavy (non-hydrogen) atoms. The second-order valence-electron chi connectivity index (χ2n) is 5.55. The zero-order chi connectivity index (χ0) is 15.7. The summed E-state index contributed by atoms with van der Waals surface area (Å²) in [6.45, 7) is 1.18. The summed E-state index contributed by atoms with van der Waals surface area (Å²) in [6, 6.07) is 6.84. The van der Waals surface area contributed by atoms with Crippen LogP contribution >= 0.6 is 0 Å². The second-order valence-corrected chi connectivity index (χ2v) is 5.55. The van der Waals surface area contributed by atoms with E-state index in [0.717, 1.165) is 0 Å². The minimum Gasteiger partial charge on any atom is -0.481 e. The van der Waals surface area contributed by atoms with Crippen molar-refractivity contribution < 1.29 is 19.5 Å². The Morgan fingerprint density at radius 3 is 2.64 bits per heavy atom. The molecule has 0 aromatic heterocycles. The van der Waals surface area contributed by atoms with Gasteiger partial charge >= 0.3 is 12.0 Å². The number of anilines is 2. The second kappa shape index (κ2) is 5.67. The van der Waals surface area contributed by atoms with Crippen LogP contribution in [-0.4, -0.2) is 36.1 Å². The molecule has 2 aliphatic rings. The van der Waals surface area contributed by atoms with Gasteiger partial charge in [0, 0.05) is 24.5 Å². The van der Waals surface area contributed by atoms with Crippen LogP contribution in [0.1, 0.15) is 12.8 Å². The Balaban J connectivity index is 1.69. The minimum absolute atomic E-state index is 0.159. The fourth-order valence-corrected chi connectivity index (χ4v) is 2.81. The Hall–Kier alpha value is -2.57. The number of carbonyl (C=O) groups excluding carboxylic acids is 2. The predicted molar refractivity (Wildman–Crippen MR) is 79.7 cm³/mol. The van der Waals surface area contributed by atoms with Crippen LogP contribution in [-0.2, 0) is 9.59 Å². The maximum absolute atomic E-state index is 12.1. The summed E-state index contributed by atoms with van der Waals surface area (Å²) in [5, 5.41) is 14.5. The Morgan fingerprint density at radius 1 is 1.27 bits per heavy atom. The van der Waals surface area contributed by atoms with Crippen molar-refractivity contribution in [3.63, 3.8) is 0 Å². The molecule has 2 atom stereocenters. The van der Waals surface area contributed by atoms with Gasteiger partial charge in [-0.05, 0) is 31.0 Å². The van der Waals surface area contributed by atoms with E-state index in [9.17, 15) is 14.4 Å². The van der Waals surface area contributed by atoms with Crippen LogP contribution in [0.2, 0.25) is 0 Å². The van der Waals surface area contributed by atoms with E-state index in [-0.39, 0.29) is 11.9 Å². The lowest BCUT2D eigenvalue weighted by atomic mass is 9.73. The van der Waals surface area contributed by atoms with Crippen molar-refractivity contribution in [3.8, 4) is 0 Å². The first kappa shape index (κ1) is 14.4. The summed E-state index contributed by atoms with van der Waals surface area (Å²) < 4.78 is 0. The van der Waals surface area contributed by atoms with Crippen LogP contribution < -0.4 is 15.5 Å². The monoisotopic (exact) mass is 303 g/mol. The molecule has 1 aliphatic carbocycles. The lowest BCUT2D eigenvalue weighted by Gasteiger charge is -2.32. The van der Waals surface area contributed by atoms with E-state index >= 15 is 0 Å². The molecule has 1 saturated carbocycles. The van der Waals surface area contributed by atoms with E-state index in [1.807, 2.05) is 0 Å². The number of amides is 3. The van der Waals surface area contributed by atoms with Crippen LogP contribution in [0, 0.1) is 11.8 Å². The fourth-order valence-electron chi connectivity index (χ4n) is 2.81. The molecular weight excluding hydrogens is 286 g/mol. The molecule has 1 saturated heterocycles. The molecule has 116 valence electrons. The lowest BCUT2D eigenvalue weighted by Crippen LogP contribution is -2.41. The molecule has 1 aromatic rings. The predicted octanol–water partition coefficient (Wildman–Crippen LogP) is 1.27. The van der Waals surface area contributed by atoms with E-state index in [1.54, 1.807) is 29.2 Å². The Morgan fingerprint density at radius 2 is 2.05 bits per heavy atom. The molecule has 1 heterocycles. The molecule has 0 spiro atoms. The highest BCUT2D eigenvalue weighted by atomic mass is 16.4. The van der Waals surface area contributed by atoms with Crippen molar-refractivity contribution in [2.24, 2.45) is 11.8 Å². The number of carbonyl (C=O) groups is 3. The molecular formula is C15H17N3O4. The number of hydrogen-bond donors (Lipinski definition) is 3. The quantitative estimate of drug-likeness (QED) is 0.780. The van der Waals surface area contributed by atoms with Crippen molar-refractivity contribution in [3.05, 3.63) is 24.3 Å². The summed E-state index contributed by atoms with van der Waals surface area (Å²) in [4.78, 5) is 36.4. The number of rotatable bonds is 4. The summed E-state index contributed by atoms with van der Waals surface area (Å²) in [5.74, 6) is -2.26. The molecule has 1 aromatic carbocycles. The maximum atomic E-state index is 12.1. The third-order valence-corrected chi connectivity index (χ3v) is 4.21. The van der Waals surface area contributed by atoms with Crippen molar-refractivity contribution in [1.29, 1.82) is 0 Å². The highest BCUT2D eigenvalue weighted by Crippen LogP contribution is 2.35. The van der Waals surface area contributed by atoms with Gasteiger partial charge in [0.05, 0.1) is 11.8 Å². The van der Waals surface area contributed by atoms with Gasteiger partial charge in [-0.1, -0.05) is 6.07 Å². The van der Waals surface area contributed by atoms with Crippen LogP contribution in [0.25, 0.3) is 0 Å².